The maximum atomic E-state index is 13.5. The number of aromatic nitrogens is 3. The van der Waals surface area contributed by atoms with Gasteiger partial charge in [-0.2, -0.15) is 0 Å². The molecule has 0 fully saturated rings. The summed E-state index contributed by atoms with van der Waals surface area (Å²) in [5.74, 6) is 0.279. The number of nitrogens with zero attached hydrogens (tertiary/aromatic N) is 3. The maximum Gasteiger partial charge on any atom is 0.178 e. The van der Waals surface area contributed by atoms with E-state index in [1.165, 1.54) is 12.1 Å². The molecule has 0 radical (unpaired) electrons. The molecule has 0 aliphatic carbocycles. The smallest absolute Gasteiger partial charge is 0.178 e. The zero-order valence-corrected chi connectivity index (χ0v) is 18.0. The normalized spacial score (nSPS) is 11.6. The molecule has 0 atom stereocenters. The summed E-state index contributed by atoms with van der Waals surface area (Å²) in [6.45, 7) is 2.28. The highest BCUT2D eigenvalue weighted by molar-refractivity contribution is 5.76. The van der Waals surface area contributed by atoms with Gasteiger partial charge in [-0.3, -0.25) is 4.99 Å². The predicted octanol–water partition coefficient (Wildman–Crippen LogP) is 5.86. The van der Waals surface area contributed by atoms with E-state index in [4.69, 9.17) is 9.47 Å². The van der Waals surface area contributed by atoms with Crippen LogP contribution in [0.3, 0.4) is 0 Å². The maximum absolute atomic E-state index is 13.5. The first kappa shape index (κ1) is 22.1. The van der Waals surface area contributed by atoms with Gasteiger partial charge in [0.2, 0.25) is 0 Å². The third-order valence-electron chi connectivity index (χ3n) is 4.60. The van der Waals surface area contributed by atoms with Crippen molar-refractivity contribution < 1.29 is 18.3 Å². The molecule has 0 aliphatic rings. The number of aromatic amines is 1. The lowest BCUT2D eigenvalue weighted by Gasteiger charge is -2.11. The van der Waals surface area contributed by atoms with Gasteiger partial charge in [-0.25, -0.2) is 18.7 Å². The van der Waals surface area contributed by atoms with Crippen LogP contribution in [0, 0.1) is 11.6 Å². The average molecular weight is 448 g/mol. The predicted molar refractivity (Wildman–Crippen MR) is 123 cm³/mol. The van der Waals surface area contributed by atoms with E-state index in [2.05, 4.69) is 19.9 Å². The molecule has 0 spiro atoms. The van der Waals surface area contributed by atoms with Crippen molar-refractivity contribution in [3.63, 3.8) is 0 Å². The first-order valence-electron chi connectivity index (χ1n) is 10.4. The second-order valence-corrected chi connectivity index (χ2v) is 7.16. The Balaban J connectivity index is 1.59. The molecular weight excluding hydrogens is 426 g/mol. The molecule has 0 bridgehead atoms. The summed E-state index contributed by atoms with van der Waals surface area (Å²) in [6, 6.07) is 12.3. The number of nitrogens with one attached hydrogen (secondary N) is 1. The van der Waals surface area contributed by atoms with Crippen molar-refractivity contribution in [3.8, 4) is 22.9 Å². The van der Waals surface area contributed by atoms with Gasteiger partial charge in [0.1, 0.15) is 42.2 Å². The van der Waals surface area contributed by atoms with Gasteiger partial charge >= 0.3 is 0 Å². The molecule has 0 unspecified atom stereocenters. The van der Waals surface area contributed by atoms with E-state index in [0.29, 0.717) is 34.1 Å². The highest BCUT2D eigenvalue weighted by atomic mass is 19.1. The van der Waals surface area contributed by atoms with Crippen molar-refractivity contribution in [1.29, 1.82) is 0 Å². The lowest BCUT2D eigenvalue weighted by molar-refractivity contribution is 0.301. The fourth-order valence-electron chi connectivity index (χ4n) is 3.12. The summed E-state index contributed by atoms with van der Waals surface area (Å²) in [5.41, 5.74) is 2.48. The number of benzene rings is 2. The number of pyridine rings is 1. The quantitative estimate of drug-likeness (QED) is 0.326. The molecule has 0 saturated carbocycles. The number of fused-ring (bicyclic) bond motifs is 1. The molecule has 168 valence electrons. The Bertz CT molecular complexity index is 1250. The van der Waals surface area contributed by atoms with Crippen LogP contribution in [0.15, 0.2) is 72.0 Å². The molecular formula is C25H22F2N4O2. The third-order valence-corrected chi connectivity index (χ3v) is 4.60. The summed E-state index contributed by atoms with van der Waals surface area (Å²) >= 11 is 0. The zero-order chi connectivity index (χ0) is 23.0. The Morgan fingerprint density at radius 2 is 1.82 bits per heavy atom. The first-order chi connectivity index (χ1) is 16.1. The Morgan fingerprint density at radius 3 is 2.58 bits per heavy atom. The number of H-pyrrole nitrogens is 1. The lowest BCUT2D eigenvalue weighted by atomic mass is 10.2. The fourth-order valence-corrected chi connectivity index (χ4v) is 3.12. The lowest BCUT2D eigenvalue weighted by Crippen LogP contribution is -2.01. The van der Waals surface area contributed by atoms with E-state index in [1.54, 1.807) is 30.7 Å². The highest BCUT2D eigenvalue weighted by Gasteiger charge is 2.11. The molecule has 0 amide bonds. The number of imidazole rings is 1. The van der Waals surface area contributed by atoms with Crippen molar-refractivity contribution in [2.24, 2.45) is 4.99 Å². The topological polar surface area (TPSA) is 72.4 Å². The third kappa shape index (κ3) is 6.00. The minimum atomic E-state index is -0.655. The monoisotopic (exact) mass is 448 g/mol. The van der Waals surface area contributed by atoms with Crippen LogP contribution >= 0.6 is 0 Å². The SMILES string of the molecule is CC/C=C\N=CCOc1cc(OCc2cc(F)cc(F)c2)cc(-c2nc3ncccc3[nH]2)c1. The Kier molecular flexibility index (Phi) is 7.04. The number of halogens is 2. The van der Waals surface area contributed by atoms with Gasteiger partial charge in [-0.15, -0.1) is 0 Å². The molecule has 4 rings (SSSR count). The summed E-state index contributed by atoms with van der Waals surface area (Å²) in [6.07, 6.45) is 7.88. The van der Waals surface area contributed by atoms with Gasteiger partial charge in [0, 0.05) is 36.3 Å². The van der Waals surface area contributed by atoms with Crippen molar-refractivity contribution in [1.82, 2.24) is 15.0 Å². The number of rotatable bonds is 9. The van der Waals surface area contributed by atoms with Crippen molar-refractivity contribution in [2.75, 3.05) is 6.61 Å². The van der Waals surface area contributed by atoms with Crippen LogP contribution in [0.4, 0.5) is 8.78 Å². The van der Waals surface area contributed by atoms with Crippen LogP contribution in [0.25, 0.3) is 22.6 Å². The van der Waals surface area contributed by atoms with E-state index < -0.39 is 11.6 Å². The van der Waals surface area contributed by atoms with Crippen molar-refractivity contribution >= 4 is 17.4 Å². The summed E-state index contributed by atoms with van der Waals surface area (Å²) < 4.78 is 38.6. The fraction of sp³-hybridized carbons (Fsp3) is 0.160. The molecule has 1 N–H and O–H groups in total. The van der Waals surface area contributed by atoms with Crippen LogP contribution in [0.1, 0.15) is 18.9 Å². The first-order valence-corrected chi connectivity index (χ1v) is 10.4. The van der Waals surface area contributed by atoms with E-state index in [1.807, 2.05) is 31.2 Å². The summed E-state index contributed by atoms with van der Waals surface area (Å²) in [5, 5.41) is 0. The van der Waals surface area contributed by atoms with Crippen LogP contribution in [-0.4, -0.2) is 27.8 Å². The Morgan fingerprint density at radius 1 is 1.03 bits per heavy atom. The van der Waals surface area contributed by atoms with E-state index in [-0.39, 0.29) is 13.2 Å². The standard InChI is InChI=1S/C25H22F2N4O2/c1-2-3-6-28-8-9-32-21-12-18(24-30-23-5-4-7-29-25(23)31-24)13-22(15-21)33-16-17-10-19(26)14-20(27)11-17/h3-8,10-15H,2,9,16H2,1H3,(H,29,30,31)/b6-3-,28-8?. The molecule has 6 nitrogen and oxygen atoms in total. The number of aliphatic imine (C=N–C) groups is 1. The second-order valence-electron chi connectivity index (χ2n) is 7.16. The molecule has 2 aromatic carbocycles. The Hall–Kier alpha value is -4.07. The summed E-state index contributed by atoms with van der Waals surface area (Å²) in [7, 11) is 0. The van der Waals surface area contributed by atoms with Gasteiger partial charge in [0.15, 0.2) is 5.65 Å². The van der Waals surface area contributed by atoms with Crippen molar-refractivity contribution in [2.45, 2.75) is 20.0 Å². The van der Waals surface area contributed by atoms with E-state index in [0.717, 1.165) is 18.0 Å². The molecule has 0 aliphatic heterocycles. The van der Waals surface area contributed by atoms with Crippen LogP contribution in [-0.2, 0) is 6.61 Å². The van der Waals surface area contributed by atoms with Crippen LogP contribution < -0.4 is 9.47 Å². The summed E-state index contributed by atoms with van der Waals surface area (Å²) in [4.78, 5) is 16.1. The molecule has 2 heterocycles. The largest absolute Gasteiger partial charge is 0.489 e. The molecule has 4 aromatic rings. The van der Waals surface area contributed by atoms with Gasteiger partial charge in [0.25, 0.3) is 0 Å². The number of ether oxygens (including phenoxy) is 2. The highest BCUT2D eigenvalue weighted by Crippen LogP contribution is 2.30. The second kappa shape index (κ2) is 10.5. The molecule has 8 heteroatoms. The van der Waals surface area contributed by atoms with Crippen molar-refractivity contribution in [3.05, 3.63) is 84.2 Å². The number of hydrogen-bond donors (Lipinski definition) is 1. The van der Waals surface area contributed by atoms with Gasteiger partial charge in [-0.1, -0.05) is 13.0 Å². The van der Waals surface area contributed by atoms with Gasteiger partial charge in [0.05, 0.1) is 5.52 Å². The Labute approximate surface area is 189 Å². The zero-order valence-electron chi connectivity index (χ0n) is 18.0. The average Bonchev–Trinajstić information content (AvgIpc) is 3.24. The number of hydrogen-bond acceptors (Lipinski definition) is 5. The molecule has 0 saturated heterocycles. The molecule has 2 aromatic heterocycles. The van der Waals surface area contributed by atoms with Crippen LogP contribution in [0.2, 0.25) is 0 Å². The molecule has 33 heavy (non-hydrogen) atoms. The van der Waals surface area contributed by atoms with E-state index in [9.17, 15) is 8.78 Å². The minimum Gasteiger partial charge on any atom is -0.489 e. The van der Waals surface area contributed by atoms with Gasteiger partial charge in [-0.05, 0) is 48.4 Å². The number of allylic oxidation sites excluding steroid dienone is 1. The van der Waals surface area contributed by atoms with E-state index >= 15 is 0 Å². The minimum absolute atomic E-state index is 0.0114. The van der Waals surface area contributed by atoms with Gasteiger partial charge < -0.3 is 14.5 Å². The van der Waals surface area contributed by atoms with Crippen LogP contribution in [0.5, 0.6) is 11.5 Å².